The van der Waals surface area contributed by atoms with Gasteiger partial charge in [-0.15, -0.1) is 0 Å². The van der Waals surface area contributed by atoms with Gasteiger partial charge in [-0.1, -0.05) is 6.07 Å². The Bertz CT molecular complexity index is 1100. The van der Waals surface area contributed by atoms with Crippen molar-refractivity contribution in [3.8, 4) is 5.69 Å². The Morgan fingerprint density at radius 3 is 2.41 bits per heavy atom. The van der Waals surface area contributed by atoms with Gasteiger partial charge in [-0.25, -0.2) is 9.67 Å². The van der Waals surface area contributed by atoms with E-state index >= 15 is 0 Å². The van der Waals surface area contributed by atoms with Crippen LogP contribution in [0.4, 0.5) is 0 Å². The van der Waals surface area contributed by atoms with Gasteiger partial charge >= 0.3 is 0 Å². The number of benzene rings is 1. The van der Waals surface area contributed by atoms with Gasteiger partial charge in [-0.05, 0) is 70.2 Å². The quantitative estimate of drug-likeness (QED) is 0.686. The number of nitrogens with zero attached hydrogens (tertiary/aromatic N) is 5. The zero-order valence-corrected chi connectivity index (χ0v) is 17.4. The van der Waals surface area contributed by atoms with E-state index in [1.807, 2.05) is 30.9 Å². The first kappa shape index (κ1) is 19.4. The zero-order valence-electron chi connectivity index (χ0n) is 17.4. The largest absolute Gasteiger partial charge is 0.336 e. The molecule has 2 atom stereocenters. The molecule has 29 heavy (non-hydrogen) atoms. The summed E-state index contributed by atoms with van der Waals surface area (Å²) in [5, 5.41) is 4.80. The summed E-state index contributed by atoms with van der Waals surface area (Å²) in [6.45, 7) is 8.20. The smallest absolute Gasteiger partial charge is 0.264 e. The van der Waals surface area contributed by atoms with Crippen molar-refractivity contribution in [1.29, 1.82) is 0 Å². The standard InChI is InChI=1S/C22H27N5O2/c1-14-8-15(2)10-18(9-14)27-21-19(11-24-27)22(29)25(13-23-21)12-20(28)26-16(3)6-5-7-17(26)4/h8-11,13,16-17H,5-7,12H2,1-4H3/t16-,17-/m0/s1. The summed E-state index contributed by atoms with van der Waals surface area (Å²) < 4.78 is 3.07. The third-order valence-electron chi connectivity index (χ3n) is 5.79. The van der Waals surface area contributed by atoms with Crippen molar-refractivity contribution in [2.24, 2.45) is 0 Å². The number of amides is 1. The molecule has 7 heteroatoms. The van der Waals surface area contributed by atoms with Gasteiger partial charge in [-0.3, -0.25) is 14.2 Å². The molecular weight excluding hydrogens is 366 g/mol. The molecule has 0 N–H and O–H groups in total. The molecule has 0 spiro atoms. The lowest BCUT2D eigenvalue weighted by Gasteiger charge is -2.39. The molecule has 1 aliphatic heterocycles. The van der Waals surface area contributed by atoms with Crippen molar-refractivity contribution in [1.82, 2.24) is 24.2 Å². The highest BCUT2D eigenvalue weighted by molar-refractivity contribution is 5.78. The van der Waals surface area contributed by atoms with Crippen LogP contribution in [-0.2, 0) is 11.3 Å². The molecule has 0 aliphatic carbocycles. The molecule has 1 aliphatic rings. The first-order valence-electron chi connectivity index (χ1n) is 10.2. The van der Waals surface area contributed by atoms with E-state index in [4.69, 9.17) is 0 Å². The second-order valence-corrected chi connectivity index (χ2v) is 8.25. The maximum Gasteiger partial charge on any atom is 0.264 e. The van der Waals surface area contributed by atoms with Crippen LogP contribution in [0.3, 0.4) is 0 Å². The molecule has 1 aromatic carbocycles. The number of aryl methyl sites for hydroxylation is 2. The minimum absolute atomic E-state index is 0.00515. The fourth-order valence-corrected chi connectivity index (χ4v) is 4.46. The molecule has 0 radical (unpaired) electrons. The summed E-state index contributed by atoms with van der Waals surface area (Å²) in [5.74, 6) is -0.0327. The van der Waals surface area contributed by atoms with Gasteiger partial charge < -0.3 is 4.90 Å². The first-order valence-corrected chi connectivity index (χ1v) is 10.2. The molecule has 0 bridgehead atoms. The van der Waals surface area contributed by atoms with Crippen molar-refractivity contribution >= 4 is 16.9 Å². The maximum absolute atomic E-state index is 13.0. The molecular formula is C22H27N5O2. The van der Waals surface area contributed by atoms with Gasteiger partial charge in [0, 0.05) is 12.1 Å². The lowest BCUT2D eigenvalue weighted by Crippen LogP contribution is -2.49. The Hall–Kier alpha value is -2.96. The van der Waals surface area contributed by atoms with Crippen LogP contribution in [0.1, 0.15) is 44.2 Å². The summed E-state index contributed by atoms with van der Waals surface area (Å²) >= 11 is 0. The van der Waals surface area contributed by atoms with Crippen LogP contribution in [0.15, 0.2) is 35.5 Å². The SMILES string of the molecule is Cc1cc(C)cc(-n2ncc3c(=O)n(CC(=O)N4[C@@H](C)CCC[C@@H]4C)cnc32)c1. The van der Waals surface area contributed by atoms with Crippen LogP contribution in [0.5, 0.6) is 0 Å². The predicted molar refractivity (Wildman–Crippen MR) is 112 cm³/mol. The highest BCUT2D eigenvalue weighted by Gasteiger charge is 2.29. The number of fused-ring (bicyclic) bond motifs is 1. The van der Waals surface area contributed by atoms with E-state index in [9.17, 15) is 9.59 Å². The Balaban J connectivity index is 1.67. The summed E-state index contributed by atoms with van der Waals surface area (Å²) in [4.78, 5) is 32.3. The number of hydrogen-bond acceptors (Lipinski definition) is 4. The van der Waals surface area contributed by atoms with Crippen molar-refractivity contribution in [3.05, 3.63) is 52.2 Å². The van der Waals surface area contributed by atoms with Gasteiger partial charge in [0.15, 0.2) is 5.65 Å². The number of carbonyl (C=O) groups excluding carboxylic acids is 1. The van der Waals surface area contributed by atoms with Crippen molar-refractivity contribution in [3.63, 3.8) is 0 Å². The molecule has 0 saturated carbocycles. The fraction of sp³-hybridized carbons (Fsp3) is 0.455. The van der Waals surface area contributed by atoms with Crippen LogP contribution in [0.25, 0.3) is 16.7 Å². The van der Waals surface area contributed by atoms with Crippen molar-refractivity contribution in [2.75, 3.05) is 0 Å². The van der Waals surface area contributed by atoms with Crippen LogP contribution in [0, 0.1) is 13.8 Å². The van der Waals surface area contributed by atoms with Crippen LogP contribution >= 0.6 is 0 Å². The normalized spacial score (nSPS) is 19.7. The number of likely N-dealkylation sites (tertiary alicyclic amines) is 1. The lowest BCUT2D eigenvalue weighted by atomic mass is 9.97. The summed E-state index contributed by atoms with van der Waals surface area (Å²) in [5.41, 5.74) is 3.37. The molecule has 1 saturated heterocycles. The van der Waals surface area contributed by atoms with Gasteiger partial charge in [0.2, 0.25) is 5.91 Å². The molecule has 4 rings (SSSR count). The van der Waals surface area contributed by atoms with Crippen molar-refractivity contribution in [2.45, 2.75) is 65.6 Å². The minimum atomic E-state index is -0.240. The second kappa shape index (κ2) is 7.46. The first-order chi connectivity index (χ1) is 13.8. The number of aromatic nitrogens is 4. The Kier molecular flexibility index (Phi) is 4.98. The molecule has 7 nitrogen and oxygen atoms in total. The number of piperidine rings is 1. The monoisotopic (exact) mass is 393 g/mol. The maximum atomic E-state index is 13.0. The number of rotatable bonds is 3. The highest BCUT2D eigenvalue weighted by Crippen LogP contribution is 2.23. The van der Waals surface area contributed by atoms with E-state index < -0.39 is 0 Å². The molecule has 152 valence electrons. The fourth-order valence-electron chi connectivity index (χ4n) is 4.46. The third kappa shape index (κ3) is 3.57. The third-order valence-corrected chi connectivity index (χ3v) is 5.79. The Morgan fingerprint density at radius 2 is 1.76 bits per heavy atom. The topological polar surface area (TPSA) is 73.0 Å². The second-order valence-electron chi connectivity index (χ2n) is 8.25. The molecule has 2 aromatic heterocycles. The summed E-state index contributed by atoms with van der Waals surface area (Å²) in [7, 11) is 0. The number of hydrogen-bond donors (Lipinski definition) is 0. The van der Waals surface area contributed by atoms with Crippen LogP contribution < -0.4 is 5.56 Å². The highest BCUT2D eigenvalue weighted by atomic mass is 16.2. The van der Waals surface area contributed by atoms with Crippen LogP contribution in [0.2, 0.25) is 0 Å². The van der Waals surface area contributed by atoms with Gasteiger partial charge in [0.05, 0.1) is 11.9 Å². The molecule has 1 fully saturated rings. The van der Waals surface area contributed by atoms with E-state index in [1.54, 1.807) is 4.68 Å². The van der Waals surface area contributed by atoms with Gasteiger partial charge in [0.25, 0.3) is 5.56 Å². The van der Waals surface area contributed by atoms with Gasteiger partial charge in [0.1, 0.15) is 18.3 Å². The van der Waals surface area contributed by atoms with E-state index in [-0.39, 0.29) is 30.1 Å². The molecule has 0 unspecified atom stereocenters. The summed E-state index contributed by atoms with van der Waals surface area (Å²) in [6.07, 6.45) is 6.14. The molecule has 3 aromatic rings. The Morgan fingerprint density at radius 1 is 1.10 bits per heavy atom. The average Bonchev–Trinajstić information content (AvgIpc) is 3.08. The average molecular weight is 393 g/mol. The minimum Gasteiger partial charge on any atom is -0.336 e. The summed E-state index contributed by atoms with van der Waals surface area (Å²) in [6, 6.07) is 6.51. The van der Waals surface area contributed by atoms with E-state index in [1.165, 1.54) is 17.1 Å². The molecule has 3 heterocycles. The predicted octanol–water partition coefficient (Wildman–Crippen LogP) is 2.99. The Labute approximate surface area is 170 Å². The van der Waals surface area contributed by atoms with Gasteiger partial charge in [-0.2, -0.15) is 5.10 Å². The zero-order chi connectivity index (χ0) is 20.7. The molecule has 1 amide bonds. The van der Waals surface area contributed by atoms with Crippen molar-refractivity contribution < 1.29 is 4.79 Å². The van der Waals surface area contributed by atoms with Crippen LogP contribution in [-0.4, -0.2) is 42.2 Å². The lowest BCUT2D eigenvalue weighted by molar-refractivity contribution is -0.138. The van der Waals surface area contributed by atoms with E-state index in [0.717, 1.165) is 36.1 Å². The van der Waals surface area contributed by atoms with E-state index in [2.05, 4.69) is 30.0 Å². The van der Waals surface area contributed by atoms with E-state index in [0.29, 0.717) is 11.0 Å². The number of carbonyl (C=O) groups is 1.